The first-order valence-corrected chi connectivity index (χ1v) is 7.09. The predicted octanol–water partition coefficient (Wildman–Crippen LogP) is 4.90. The molecule has 0 aliphatic heterocycles. The van der Waals surface area contributed by atoms with Gasteiger partial charge in [-0.3, -0.25) is 0 Å². The van der Waals surface area contributed by atoms with E-state index in [0.29, 0.717) is 0 Å². The Kier molecular flexibility index (Phi) is 3.98. The summed E-state index contributed by atoms with van der Waals surface area (Å²) >= 11 is 2.23. The summed E-state index contributed by atoms with van der Waals surface area (Å²) in [6, 6.07) is 0. The highest BCUT2D eigenvalue weighted by molar-refractivity contribution is 8.03. The SMILES string of the molecule is CC1=C(SC2CCCCC2)CCCC1. The molecule has 2 rings (SSSR count). The van der Waals surface area contributed by atoms with Crippen LogP contribution >= 0.6 is 11.8 Å². The Labute approximate surface area is 92.5 Å². The van der Waals surface area contributed by atoms with Gasteiger partial charge in [0, 0.05) is 5.25 Å². The number of rotatable bonds is 2. The van der Waals surface area contributed by atoms with E-state index in [-0.39, 0.29) is 0 Å². The Balaban J connectivity index is 1.88. The van der Waals surface area contributed by atoms with Crippen LogP contribution < -0.4 is 0 Å². The van der Waals surface area contributed by atoms with Crippen molar-refractivity contribution in [3.8, 4) is 0 Å². The third-order valence-corrected chi connectivity index (χ3v) is 5.18. The van der Waals surface area contributed by atoms with Gasteiger partial charge in [-0.05, 0) is 50.4 Å². The lowest BCUT2D eigenvalue weighted by atomic mass is 10.00. The van der Waals surface area contributed by atoms with E-state index in [2.05, 4.69) is 18.7 Å². The van der Waals surface area contributed by atoms with Crippen LogP contribution in [0.3, 0.4) is 0 Å². The molecule has 14 heavy (non-hydrogen) atoms. The molecule has 80 valence electrons. The van der Waals surface area contributed by atoms with Gasteiger partial charge in [0.15, 0.2) is 0 Å². The van der Waals surface area contributed by atoms with Crippen LogP contribution in [0.1, 0.15) is 64.7 Å². The maximum atomic E-state index is 2.35. The molecule has 2 aliphatic carbocycles. The molecule has 0 heterocycles. The van der Waals surface area contributed by atoms with E-state index in [9.17, 15) is 0 Å². The Morgan fingerprint density at radius 2 is 1.64 bits per heavy atom. The average Bonchev–Trinajstić information content (AvgIpc) is 2.23. The summed E-state index contributed by atoms with van der Waals surface area (Å²) < 4.78 is 0. The van der Waals surface area contributed by atoms with E-state index in [1.54, 1.807) is 10.5 Å². The molecule has 0 aromatic heterocycles. The van der Waals surface area contributed by atoms with Crippen molar-refractivity contribution in [3.05, 3.63) is 10.5 Å². The largest absolute Gasteiger partial charge is 0.127 e. The third-order valence-electron chi connectivity index (χ3n) is 3.54. The van der Waals surface area contributed by atoms with E-state index < -0.39 is 0 Å². The Morgan fingerprint density at radius 1 is 0.929 bits per heavy atom. The number of allylic oxidation sites excluding steroid dienone is 2. The fraction of sp³-hybridized carbons (Fsp3) is 0.846. The molecule has 0 unspecified atom stereocenters. The van der Waals surface area contributed by atoms with Crippen molar-refractivity contribution in [2.45, 2.75) is 70.0 Å². The van der Waals surface area contributed by atoms with Crippen LogP contribution in [0.25, 0.3) is 0 Å². The van der Waals surface area contributed by atoms with Gasteiger partial charge in [0.2, 0.25) is 0 Å². The van der Waals surface area contributed by atoms with Gasteiger partial charge < -0.3 is 0 Å². The first-order chi connectivity index (χ1) is 6.86. The minimum Gasteiger partial charge on any atom is -0.127 e. The van der Waals surface area contributed by atoms with Crippen LogP contribution in [0.4, 0.5) is 0 Å². The van der Waals surface area contributed by atoms with E-state index in [4.69, 9.17) is 0 Å². The summed E-state index contributed by atoms with van der Waals surface area (Å²) in [6.45, 7) is 2.35. The fourth-order valence-electron chi connectivity index (χ4n) is 2.57. The smallest absolute Gasteiger partial charge is 0.00911 e. The summed E-state index contributed by atoms with van der Waals surface area (Å²) in [5, 5.41) is 0.965. The van der Waals surface area contributed by atoms with Crippen LogP contribution in [-0.2, 0) is 0 Å². The van der Waals surface area contributed by atoms with Gasteiger partial charge >= 0.3 is 0 Å². The Bertz CT molecular complexity index is 211. The molecule has 0 aromatic carbocycles. The molecule has 0 N–H and O–H groups in total. The zero-order valence-electron chi connectivity index (χ0n) is 9.35. The van der Waals surface area contributed by atoms with E-state index in [1.165, 1.54) is 57.8 Å². The van der Waals surface area contributed by atoms with E-state index in [0.717, 1.165) is 5.25 Å². The van der Waals surface area contributed by atoms with Crippen molar-refractivity contribution in [3.63, 3.8) is 0 Å². The van der Waals surface area contributed by atoms with Crippen molar-refractivity contribution in [2.24, 2.45) is 0 Å². The number of hydrogen-bond acceptors (Lipinski definition) is 1. The third kappa shape index (κ3) is 2.79. The molecule has 0 saturated heterocycles. The molecule has 1 saturated carbocycles. The van der Waals surface area contributed by atoms with Gasteiger partial charge in [-0.15, -0.1) is 11.8 Å². The molecule has 0 spiro atoms. The molecular formula is C13H22S. The summed E-state index contributed by atoms with van der Waals surface area (Å²) in [5.41, 5.74) is 1.70. The lowest BCUT2D eigenvalue weighted by Gasteiger charge is -2.25. The van der Waals surface area contributed by atoms with Crippen molar-refractivity contribution in [2.75, 3.05) is 0 Å². The minimum absolute atomic E-state index is 0.965. The molecule has 0 radical (unpaired) electrons. The first-order valence-electron chi connectivity index (χ1n) is 6.21. The highest BCUT2D eigenvalue weighted by Gasteiger charge is 2.18. The summed E-state index contributed by atoms with van der Waals surface area (Å²) in [6.07, 6.45) is 13.0. The van der Waals surface area contributed by atoms with Crippen LogP contribution in [0.15, 0.2) is 10.5 Å². The zero-order valence-corrected chi connectivity index (χ0v) is 10.2. The Hall–Kier alpha value is 0.0900. The molecule has 0 atom stereocenters. The first kappa shape index (κ1) is 10.6. The second kappa shape index (κ2) is 5.25. The second-order valence-electron chi connectivity index (χ2n) is 4.79. The molecule has 0 bridgehead atoms. The van der Waals surface area contributed by atoms with Gasteiger partial charge in [-0.25, -0.2) is 0 Å². The molecule has 0 nitrogen and oxygen atoms in total. The average molecular weight is 210 g/mol. The molecule has 0 amide bonds. The normalized spacial score (nSPS) is 25.5. The van der Waals surface area contributed by atoms with Crippen molar-refractivity contribution < 1.29 is 0 Å². The topological polar surface area (TPSA) is 0 Å². The van der Waals surface area contributed by atoms with Gasteiger partial charge in [0.05, 0.1) is 0 Å². The number of hydrogen-bond donors (Lipinski definition) is 0. The van der Waals surface area contributed by atoms with Gasteiger partial charge in [-0.2, -0.15) is 0 Å². The highest BCUT2D eigenvalue weighted by atomic mass is 32.2. The molecule has 0 aromatic rings. The molecule has 2 aliphatic rings. The lowest BCUT2D eigenvalue weighted by molar-refractivity contribution is 0.516. The summed E-state index contributed by atoms with van der Waals surface area (Å²) in [7, 11) is 0. The Morgan fingerprint density at radius 3 is 2.36 bits per heavy atom. The lowest BCUT2D eigenvalue weighted by Crippen LogP contribution is -2.09. The quantitative estimate of drug-likeness (QED) is 0.624. The molecule has 1 heteroatoms. The fourth-order valence-corrected chi connectivity index (χ4v) is 4.11. The van der Waals surface area contributed by atoms with E-state index >= 15 is 0 Å². The van der Waals surface area contributed by atoms with Crippen molar-refractivity contribution in [1.29, 1.82) is 0 Å². The van der Waals surface area contributed by atoms with Crippen LogP contribution in [0, 0.1) is 0 Å². The molecular weight excluding hydrogens is 188 g/mol. The number of thioether (sulfide) groups is 1. The monoisotopic (exact) mass is 210 g/mol. The van der Waals surface area contributed by atoms with Crippen molar-refractivity contribution in [1.82, 2.24) is 0 Å². The summed E-state index contributed by atoms with van der Waals surface area (Å²) in [4.78, 5) is 1.75. The zero-order chi connectivity index (χ0) is 9.80. The standard InChI is InChI=1S/C13H22S/c1-11-7-5-6-10-13(11)14-12-8-3-2-4-9-12/h12H,2-10H2,1H3. The highest BCUT2D eigenvalue weighted by Crippen LogP contribution is 2.39. The molecule has 1 fully saturated rings. The van der Waals surface area contributed by atoms with E-state index in [1.807, 2.05) is 0 Å². The van der Waals surface area contributed by atoms with Crippen LogP contribution in [0.2, 0.25) is 0 Å². The maximum Gasteiger partial charge on any atom is 0.00911 e. The summed E-state index contributed by atoms with van der Waals surface area (Å²) in [5.74, 6) is 0. The predicted molar refractivity (Wildman–Crippen MR) is 65.6 cm³/mol. The maximum absolute atomic E-state index is 2.35. The van der Waals surface area contributed by atoms with Gasteiger partial charge in [0.25, 0.3) is 0 Å². The van der Waals surface area contributed by atoms with Crippen LogP contribution in [0.5, 0.6) is 0 Å². The van der Waals surface area contributed by atoms with Crippen molar-refractivity contribution >= 4 is 11.8 Å². The van der Waals surface area contributed by atoms with Gasteiger partial charge in [-0.1, -0.05) is 24.8 Å². The minimum atomic E-state index is 0.965. The van der Waals surface area contributed by atoms with Crippen LogP contribution in [-0.4, -0.2) is 5.25 Å². The second-order valence-corrected chi connectivity index (χ2v) is 6.18. The van der Waals surface area contributed by atoms with Gasteiger partial charge in [0.1, 0.15) is 0 Å².